The Labute approximate surface area is 555 Å². The number of nitrogens with zero attached hydrogens (tertiary/aromatic N) is 5. The summed E-state index contributed by atoms with van der Waals surface area (Å²) in [6, 6.07) is 39.8. The maximum Gasteiger partial charge on any atom is 0.336 e. The van der Waals surface area contributed by atoms with Gasteiger partial charge < -0.3 is 14.1 Å². The molecular weight excluding hydrogens is 1220 g/mol. The Hall–Kier alpha value is -8.47. The second-order valence-electron chi connectivity index (χ2n) is 28.0. The van der Waals surface area contributed by atoms with Crippen molar-refractivity contribution in [2.24, 2.45) is 17.8 Å². The lowest BCUT2D eigenvalue weighted by molar-refractivity contribution is 0.0591. The Bertz CT molecular complexity index is 4880. The normalized spacial score (nSPS) is 13.5. The van der Waals surface area contributed by atoms with Crippen LogP contribution in [0.2, 0.25) is 0 Å². The van der Waals surface area contributed by atoms with Crippen LogP contribution in [0.15, 0.2) is 136 Å². The first-order valence-electron chi connectivity index (χ1n) is 32.1. The molecule has 4 aromatic heterocycles. The van der Waals surface area contributed by atoms with Crippen molar-refractivity contribution >= 4 is 134 Å². The quantitative estimate of drug-likeness (QED) is 0.0474. The summed E-state index contributed by atoms with van der Waals surface area (Å²) in [6.45, 7) is 35.4. The number of fused-ring (bicyclic) bond motifs is 4. The van der Waals surface area contributed by atoms with Crippen molar-refractivity contribution in [1.29, 1.82) is 0 Å². The van der Waals surface area contributed by atoms with E-state index in [1.807, 2.05) is 81.4 Å². The van der Waals surface area contributed by atoms with E-state index in [2.05, 4.69) is 157 Å². The van der Waals surface area contributed by atoms with Crippen molar-refractivity contribution in [3.8, 4) is 20.9 Å². The van der Waals surface area contributed by atoms with E-state index in [9.17, 15) is 24.0 Å². The van der Waals surface area contributed by atoms with Crippen LogP contribution in [0.5, 0.6) is 0 Å². The van der Waals surface area contributed by atoms with Crippen LogP contribution in [0.25, 0.3) is 86.0 Å². The van der Waals surface area contributed by atoms with Gasteiger partial charge in [0.15, 0.2) is 0 Å². The summed E-state index contributed by atoms with van der Waals surface area (Å²) in [5.74, 6) is 0.0578. The highest BCUT2D eigenvalue weighted by atomic mass is 32.1. The van der Waals surface area contributed by atoms with E-state index in [0.29, 0.717) is 69.3 Å². The van der Waals surface area contributed by atoms with Gasteiger partial charge in [0.1, 0.15) is 16.6 Å². The number of anilines is 2. The Morgan fingerprint density at radius 3 is 1.62 bits per heavy atom. The molecule has 12 aromatic rings. The van der Waals surface area contributed by atoms with Crippen LogP contribution in [0.4, 0.5) is 11.4 Å². The molecule has 2 aliphatic rings. The van der Waals surface area contributed by atoms with Gasteiger partial charge in [0.2, 0.25) is 0 Å². The topological polar surface area (TPSA) is 143 Å². The molecule has 0 spiro atoms. The number of carbonyl (C=O) groups is 4. The zero-order chi connectivity index (χ0) is 66.3. The van der Waals surface area contributed by atoms with Crippen LogP contribution in [-0.2, 0) is 22.2 Å². The number of hydrogen-bond donors (Lipinski definition) is 0. The fourth-order valence-corrected chi connectivity index (χ4v) is 15.5. The number of aryl methyl sites for hydroxylation is 2. The van der Waals surface area contributed by atoms with E-state index in [4.69, 9.17) is 9.15 Å². The Morgan fingerprint density at radius 2 is 1.12 bits per heavy atom. The van der Waals surface area contributed by atoms with Gasteiger partial charge in [-0.1, -0.05) is 138 Å². The van der Waals surface area contributed by atoms with Crippen molar-refractivity contribution in [2.75, 3.05) is 36.0 Å². The van der Waals surface area contributed by atoms with Gasteiger partial charge in [-0.05, 0) is 164 Å². The summed E-state index contributed by atoms with van der Waals surface area (Å²) < 4.78 is 20.2. The zero-order valence-electron chi connectivity index (χ0n) is 55.7. The van der Waals surface area contributed by atoms with Crippen LogP contribution in [0.1, 0.15) is 159 Å². The molecule has 0 radical (unpaired) electrons. The van der Waals surface area contributed by atoms with E-state index < -0.39 is 0 Å². The second kappa shape index (κ2) is 25.1. The molecule has 0 unspecified atom stereocenters. The number of amides is 4. The van der Waals surface area contributed by atoms with Gasteiger partial charge in [0.05, 0.1) is 24.0 Å². The number of carbonyl (C=O) groups excluding carboxylic acids is 4. The SMILES string of the molecule is CC(C)CN1C(=O)c2ccc3c4ccc5c6c(ccc(c7ccc(c2c37)C1=O)c64)C(=O)N(c1cc(C(C)(C)C)ccc1C(C)(C)C)C5=O.CC(C)COCc1ccc(-c2ccc(-c3cccs3)c3nsnc23)s1.CCN(CC(C)C)c1cc2oc(=O)cc(C)c2cc1C. The number of thiophene rings is 2. The number of aromatic nitrogens is 2. The van der Waals surface area contributed by atoms with Crippen molar-refractivity contribution in [3.05, 3.63) is 187 Å². The third kappa shape index (κ3) is 12.0. The van der Waals surface area contributed by atoms with Crippen molar-refractivity contribution in [1.82, 2.24) is 13.6 Å². The summed E-state index contributed by atoms with van der Waals surface area (Å²) in [5, 5.41) is 9.66. The third-order valence-electron chi connectivity index (χ3n) is 17.6. The Morgan fingerprint density at radius 1 is 0.559 bits per heavy atom. The lowest BCUT2D eigenvalue weighted by Crippen LogP contribution is -2.42. The highest BCUT2D eigenvalue weighted by Crippen LogP contribution is 2.48. The first-order valence-corrected chi connectivity index (χ1v) is 34.5. The number of rotatable bonds is 13. The van der Waals surface area contributed by atoms with Crippen LogP contribution < -0.4 is 15.4 Å². The Balaban J connectivity index is 0.000000154. The molecule has 15 heteroatoms. The van der Waals surface area contributed by atoms with Gasteiger partial charge in [-0.15, -0.1) is 22.7 Å². The second-order valence-corrected chi connectivity index (χ2v) is 30.7. The lowest BCUT2D eigenvalue weighted by Gasteiger charge is -2.34. The minimum atomic E-state index is -0.342. The van der Waals surface area contributed by atoms with Gasteiger partial charge in [-0.2, -0.15) is 8.75 Å². The zero-order valence-corrected chi connectivity index (χ0v) is 58.2. The van der Waals surface area contributed by atoms with E-state index in [1.165, 1.54) is 47.3 Å². The molecule has 8 aromatic carbocycles. The standard InChI is InChI=1S/C42H38N2O4.C19H18N2OS3.C17H23NO2/c1-21(2)20-43-37(45)27-14-10-23-25-12-16-29-36-30(17-13-26(34(25)36)24-11-15-28(38(43)46)35(27)33(23)24)40(48)44(39(29)47)32-19-22(41(3,4)5)9-18-31(32)42(6,7)8;1-12(2)10-22-11-13-5-8-17(24-13)15-7-6-14(16-4-3-9-23-16)18-19(15)21-25-20-18;1-6-18(10-11(2)3)15-9-16-14(7-13(15)5)12(4)8-17(19)20-16/h9-19,21H,20H2,1-8H3;3-9,12H,10-11H2,1-2H3;7-9,11H,6,10H2,1-5H3. The van der Waals surface area contributed by atoms with Crippen LogP contribution in [-0.4, -0.2) is 63.5 Å². The first-order chi connectivity index (χ1) is 44.2. The average Bonchev–Trinajstić information content (AvgIpc) is 1.30. The maximum absolute atomic E-state index is 14.6. The maximum atomic E-state index is 14.6. The molecule has 0 bridgehead atoms. The fourth-order valence-electron chi connectivity index (χ4n) is 13.2. The molecule has 4 amide bonds. The highest BCUT2D eigenvalue weighted by molar-refractivity contribution is 7.15. The van der Waals surface area contributed by atoms with E-state index >= 15 is 0 Å². The fraction of sp³-hybridized carbons (Fsp3) is 0.321. The van der Waals surface area contributed by atoms with Crippen LogP contribution in [0.3, 0.4) is 0 Å². The number of benzene rings is 8. The molecule has 0 fully saturated rings. The first kappa shape index (κ1) is 64.6. The molecule has 12 nitrogen and oxygen atoms in total. The predicted molar refractivity (Wildman–Crippen MR) is 386 cm³/mol. The summed E-state index contributed by atoms with van der Waals surface area (Å²) >= 11 is 4.79. The number of hydrogen-bond acceptors (Lipinski definition) is 13. The summed E-state index contributed by atoms with van der Waals surface area (Å²) in [5.41, 5.74) is 12.2. The lowest BCUT2D eigenvalue weighted by atomic mass is 9.79. The predicted octanol–water partition coefficient (Wildman–Crippen LogP) is 19.6. The highest BCUT2D eigenvalue weighted by Gasteiger charge is 2.40. The summed E-state index contributed by atoms with van der Waals surface area (Å²) in [7, 11) is 0. The van der Waals surface area contributed by atoms with Gasteiger partial charge >= 0.3 is 5.63 Å². The molecule has 0 atom stereocenters. The molecule has 0 saturated heterocycles. The van der Waals surface area contributed by atoms with Gasteiger partial charge in [0, 0.05) is 108 Å². The minimum absolute atomic E-state index is 0.141. The monoisotopic (exact) mass is 1290 g/mol. The molecular formula is C78H79N5O7S3. The molecule has 0 aliphatic carbocycles. The summed E-state index contributed by atoms with van der Waals surface area (Å²) in [6.07, 6.45) is 0. The molecule has 0 saturated carbocycles. The van der Waals surface area contributed by atoms with Gasteiger partial charge in [-0.25, -0.2) is 9.69 Å². The van der Waals surface area contributed by atoms with Crippen molar-refractivity contribution in [3.63, 3.8) is 0 Å². The van der Waals surface area contributed by atoms with Gasteiger partial charge in [-0.3, -0.25) is 24.1 Å². The number of ether oxygens (including phenoxy) is 1. The largest absolute Gasteiger partial charge is 0.423 e. The van der Waals surface area contributed by atoms with E-state index in [0.717, 1.165) is 96.4 Å². The summed E-state index contributed by atoms with van der Waals surface area (Å²) in [4.78, 5) is 76.7. The third-order valence-corrected chi connectivity index (χ3v) is 20.1. The molecule has 14 rings (SSSR count). The molecule has 0 N–H and O–H groups in total. The van der Waals surface area contributed by atoms with Crippen molar-refractivity contribution in [2.45, 2.75) is 121 Å². The molecule has 93 heavy (non-hydrogen) atoms. The molecule has 6 heterocycles. The van der Waals surface area contributed by atoms with Crippen molar-refractivity contribution < 1.29 is 28.3 Å². The number of imide groups is 2. The average molecular weight is 1290 g/mol. The van der Waals surface area contributed by atoms with E-state index in [1.54, 1.807) is 28.7 Å². The molecule has 476 valence electrons. The van der Waals surface area contributed by atoms with E-state index in [-0.39, 0.29) is 46.0 Å². The smallest absolute Gasteiger partial charge is 0.336 e. The molecule has 2 aliphatic heterocycles. The van der Waals surface area contributed by atoms with Crippen LogP contribution in [0, 0.1) is 31.6 Å². The van der Waals surface area contributed by atoms with Gasteiger partial charge in [0.25, 0.3) is 23.6 Å². The van der Waals surface area contributed by atoms with Crippen LogP contribution >= 0.6 is 34.4 Å². The Kier molecular flexibility index (Phi) is 17.4. The minimum Gasteiger partial charge on any atom is -0.423 e.